The average Bonchev–Trinajstić information content (AvgIpc) is 2.84. The van der Waals surface area contributed by atoms with Crippen molar-refractivity contribution in [2.75, 3.05) is 0 Å². The van der Waals surface area contributed by atoms with Gasteiger partial charge in [-0.25, -0.2) is 4.79 Å². The fourth-order valence-corrected chi connectivity index (χ4v) is 2.48. The lowest BCUT2D eigenvalue weighted by Crippen LogP contribution is -2.01. The minimum Gasteiger partial charge on any atom is -0.504 e. The molecule has 3 aromatic rings. The Morgan fingerprint density at radius 3 is 2.61 bits per heavy atom. The smallest absolute Gasteiger partial charge is 0.345 e. The van der Waals surface area contributed by atoms with Crippen LogP contribution in [0.3, 0.4) is 0 Å². The lowest BCUT2D eigenvalue weighted by Gasteiger charge is -2.02. The van der Waals surface area contributed by atoms with E-state index in [1.54, 1.807) is 6.07 Å². The largest absolute Gasteiger partial charge is 0.504 e. The third kappa shape index (κ3) is 1.65. The van der Waals surface area contributed by atoms with E-state index in [2.05, 4.69) is 0 Å². The Hall–Kier alpha value is -2.27. The van der Waals surface area contributed by atoms with E-state index >= 15 is 0 Å². The van der Waals surface area contributed by atoms with Gasteiger partial charge in [0.2, 0.25) is 0 Å². The number of hydrogen-bond acceptors (Lipinski definition) is 5. The first kappa shape index (κ1) is 10.9. The number of phenols is 2. The zero-order valence-electron chi connectivity index (χ0n) is 9.08. The summed E-state index contributed by atoms with van der Waals surface area (Å²) in [5.41, 5.74) is 0.230. The fourth-order valence-electron chi connectivity index (χ4n) is 1.75. The SMILES string of the molecule is O=c1oc2cc(O)c(O)cc2cc1-c1cccs1. The normalized spacial score (nSPS) is 10.9. The second-order valence-electron chi connectivity index (χ2n) is 3.80. The first-order chi connectivity index (χ1) is 8.65. The number of hydrogen-bond donors (Lipinski definition) is 2. The summed E-state index contributed by atoms with van der Waals surface area (Å²) in [6, 6.07) is 7.90. The van der Waals surface area contributed by atoms with Crippen LogP contribution in [0.1, 0.15) is 0 Å². The summed E-state index contributed by atoms with van der Waals surface area (Å²) in [4.78, 5) is 12.6. The van der Waals surface area contributed by atoms with Crippen molar-refractivity contribution in [3.05, 3.63) is 46.1 Å². The van der Waals surface area contributed by atoms with Crippen LogP contribution in [0.2, 0.25) is 0 Å². The highest BCUT2D eigenvalue weighted by Gasteiger charge is 2.10. The summed E-state index contributed by atoms with van der Waals surface area (Å²) < 4.78 is 5.13. The Balaban J connectivity index is 2.33. The van der Waals surface area contributed by atoms with E-state index in [9.17, 15) is 15.0 Å². The monoisotopic (exact) mass is 260 g/mol. The number of phenolic OH excluding ortho intramolecular Hbond substituents is 2. The molecule has 2 aromatic heterocycles. The average molecular weight is 260 g/mol. The Bertz CT molecular complexity index is 772. The van der Waals surface area contributed by atoms with Crippen molar-refractivity contribution in [3.8, 4) is 21.9 Å². The molecule has 0 fully saturated rings. The predicted molar refractivity (Wildman–Crippen MR) is 69.1 cm³/mol. The molecule has 5 heteroatoms. The lowest BCUT2D eigenvalue weighted by molar-refractivity contribution is 0.403. The van der Waals surface area contributed by atoms with E-state index in [0.717, 1.165) is 4.88 Å². The van der Waals surface area contributed by atoms with Crippen LogP contribution in [0, 0.1) is 0 Å². The molecule has 0 bridgehead atoms. The van der Waals surface area contributed by atoms with Crippen molar-refractivity contribution in [2.24, 2.45) is 0 Å². The first-order valence-corrected chi connectivity index (χ1v) is 6.07. The molecule has 18 heavy (non-hydrogen) atoms. The summed E-state index contributed by atoms with van der Waals surface area (Å²) in [5.74, 6) is -0.553. The molecule has 1 aromatic carbocycles. The van der Waals surface area contributed by atoms with E-state index in [1.165, 1.54) is 23.5 Å². The zero-order chi connectivity index (χ0) is 12.7. The molecule has 0 unspecified atom stereocenters. The highest BCUT2D eigenvalue weighted by atomic mass is 32.1. The Morgan fingerprint density at radius 2 is 1.89 bits per heavy atom. The fraction of sp³-hybridized carbons (Fsp3) is 0. The standard InChI is InChI=1S/C13H8O4S/c14-9-5-7-4-8(12-2-1-3-18-12)13(16)17-11(7)6-10(9)15/h1-6,14-15H. The van der Waals surface area contributed by atoms with Gasteiger partial charge in [-0.15, -0.1) is 11.3 Å². The molecule has 0 aliphatic rings. The molecule has 0 aliphatic heterocycles. The molecule has 2 heterocycles. The van der Waals surface area contributed by atoms with E-state index < -0.39 is 5.63 Å². The molecule has 0 amide bonds. The summed E-state index contributed by atoms with van der Waals surface area (Å²) in [5, 5.41) is 21.2. The molecule has 0 spiro atoms. The Labute approximate surface area is 105 Å². The second kappa shape index (κ2) is 3.89. The van der Waals surface area contributed by atoms with Gasteiger partial charge in [0.05, 0.1) is 5.56 Å². The summed E-state index contributed by atoms with van der Waals surface area (Å²) >= 11 is 1.43. The van der Waals surface area contributed by atoms with E-state index in [-0.39, 0.29) is 17.1 Å². The summed E-state index contributed by atoms with van der Waals surface area (Å²) in [6.45, 7) is 0. The van der Waals surface area contributed by atoms with E-state index in [0.29, 0.717) is 10.9 Å². The molecule has 0 atom stereocenters. The van der Waals surface area contributed by atoms with Gasteiger partial charge in [-0.2, -0.15) is 0 Å². The highest BCUT2D eigenvalue weighted by Crippen LogP contribution is 2.31. The molecule has 90 valence electrons. The molecule has 4 nitrogen and oxygen atoms in total. The molecule has 2 N–H and O–H groups in total. The predicted octanol–water partition coefficient (Wildman–Crippen LogP) is 2.93. The highest BCUT2D eigenvalue weighted by molar-refractivity contribution is 7.13. The lowest BCUT2D eigenvalue weighted by atomic mass is 10.1. The van der Waals surface area contributed by atoms with Gasteiger partial charge in [-0.05, 0) is 23.6 Å². The minimum atomic E-state index is -0.463. The number of rotatable bonds is 1. The quantitative estimate of drug-likeness (QED) is 0.521. The van der Waals surface area contributed by atoms with Crippen LogP contribution < -0.4 is 5.63 Å². The van der Waals surface area contributed by atoms with E-state index in [1.807, 2.05) is 17.5 Å². The maximum absolute atomic E-state index is 11.8. The van der Waals surface area contributed by atoms with Crippen LogP contribution in [0.25, 0.3) is 21.4 Å². The van der Waals surface area contributed by atoms with Gasteiger partial charge >= 0.3 is 5.63 Å². The van der Waals surface area contributed by atoms with Gasteiger partial charge in [-0.3, -0.25) is 0 Å². The van der Waals surface area contributed by atoms with Gasteiger partial charge in [-0.1, -0.05) is 6.07 Å². The number of benzene rings is 1. The second-order valence-corrected chi connectivity index (χ2v) is 4.75. The van der Waals surface area contributed by atoms with Gasteiger partial charge in [0, 0.05) is 16.3 Å². The maximum atomic E-state index is 11.8. The van der Waals surface area contributed by atoms with Crippen LogP contribution in [-0.4, -0.2) is 10.2 Å². The van der Waals surface area contributed by atoms with Gasteiger partial charge < -0.3 is 14.6 Å². The number of aromatic hydroxyl groups is 2. The van der Waals surface area contributed by atoms with Gasteiger partial charge in [0.1, 0.15) is 5.58 Å². The molecule has 0 aliphatic carbocycles. The number of thiophene rings is 1. The maximum Gasteiger partial charge on any atom is 0.345 e. The van der Waals surface area contributed by atoms with Crippen LogP contribution >= 0.6 is 11.3 Å². The Morgan fingerprint density at radius 1 is 1.11 bits per heavy atom. The molecule has 0 radical (unpaired) electrons. The minimum absolute atomic E-state index is 0.242. The number of fused-ring (bicyclic) bond motifs is 1. The Kier molecular flexibility index (Phi) is 2.34. The van der Waals surface area contributed by atoms with Gasteiger partial charge in [0.15, 0.2) is 11.5 Å². The van der Waals surface area contributed by atoms with Crippen molar-refractivity contribution in [1.82, 2.24) is 0 Å². The van der Waals surface area contributed by atoms with Crippen molar-refractivity contribution in [3.63, 3.8) is 0 Å². The topological polar surface area (TPSA) is 70.7 Å². The van der Waals surface area contributed by atoms with E-state index in [4.69, 9.17) is 4.42 Å². The molecular weight excluding hydrogens is 252 g/mol. The van der Waals surface area contributed by atoms with Crippen LogP contribution in [0.15, 0.2) is 44.9 Å². The van der Waals surface area contributed by atoms with Crippen LogP contribution in [-0.2, 0) is 0 Å². The molecular formula is C13H8O4S. The first-order valence-electron chi connectivity index (χ1n) is 5.19. The zero-order valence-corrected chi connectivity index (χ0v) is 9.90. The summed E-state index contributed by atoms with van der Waals surface area (Å²) in [7, 11) is 0. The third-order valence-corrected chi connectivity index (χ3v) is 3.52. The van der Waals surface area contributed by atoms with Crippen LogP contribution in [0.4, 0.5) is 0 Å². The molecule has 3 rings (SSSR count). The van der Waals surface area contributed by atoms with Crippen molar-refractivity contribution in [2.45, 2.75) is 0 Å². The summed E-state index contributed by atoms with van der Waals surface area (Å²) in [6.07, 6.45) is 0. The van der Waals surface area contributed by atoms with Gasteiger partial charge in [0.25, 0.3) is 0 Å². The molecule has 0 saturated heterocycles. The van der Waals surface area contributed by atoms with Crippen molar-refractivity contribution >= 4 is 22.3 Å². The van der Waals surface area contributed by atoms with Crippen molar-refractivity contribution < 1.29 is 14.6 Å². The molecule has 0 saturated carbocycles. The van der Waals surface area contributed by atoms with Crippen molar-refractivity contribution in [1.29, 1.82) is 0 Å². The third-order valence-electron chi connectivity index (χ3n) is 2.62. The van der Waals surface area contributed by atoms with Crippen LogP contribution in [0.5, 0.6) is 11.5 Å².